The Balaban J connectivity index is 1.89. The predicted octanol–water partition coefficient (Wildman–Crippen LogP) is 3.16. The number of likely N-dealkylation sites (tertiary alicyclic amines) is 1. The molecular weight excluding hydrogens is 268 g/mol. The molecule has 106 valence electrons. The number of hydrogen-bond donors (Lipinski definition) is 0. The first kappa shape index (κ1) is 13.5. The molecule has 2 heterocycles. The number of para-hydroxylation sites is 1. The lowest BCUT2D eigenvalue weighted by Crippen LogP contribution is -2.32. The van der Waals surface area contributed by atoms with Gasteiger partial charge in [0.15, 0.2) is 0 Å². The maximum absolute atomic E-state index is 5.60. The molecule has 1 fully saturated rings. The first-order valence-corrected chi connectivity index (χ1v) is 7.61. The van der Waals surface area contributed by atoms with E-state index in [1.165, 1.54) is 19.3 Å². The molecule has 1 saturated heterocycles. The van der Waals surface area contributed by atoms with Gasteiger partial charge in [0.05, 0.1) is 6.67 Å². The highest BCUT2D eigenvalue weighted by molar-refractivity contribution is 7.71. The summed E-state index contributed by atoms with van der Waals surface area (Å²) in [5, 5.41) is 4.61. The van der Waals surface area contributed by atoms with Crippen LogP contribution in [-0.2, 0) is 6.67 Å². The van der Waals surface area contributed by atoms with Gasteiger partial charge in [-0.1, -0.05) is 24.6 Å². The lowest BCUT2D eigenvalue weighted by molar-refractivity contribution is 0.172. The summed E-state index contributed by atoms with van der Waals surface area (Å²) in [5.74, 6) is 0.943. The molecule has 1 aromatic carbocycles. The van der Waals surface area contributed by atoms with Gasteiger partial charge in [0.2, 0.25) is 4.77 Å². The fraction of sp³-hybridized carbons (Fsp3) is 0.467. The van der Waals surface area contributed by atoms with Crippen molar-refractivity contribution < 1.29 is 0 Å². The molecule has 1 aromatic heterocycles. The monoisotopic (exact) mass is 288 g/mol. The quantitative estimate of drug-likeness (QED) is 0.812. The summed E-state index contributed by atoms with van der Waals surface area (Å²) >= 11 is 5.60. The van der Waals surface area contributed by atoms with E-state index in [-0.39, 0.29) is 0 Å². The van der Waals surface area contributed by atoms with Gasteiger partial charge in [0.1, 0.15) is 5.82 Å². The molecule has 0 radical (unpaired) electrons. The lowest BCUT2D eigenvalue weighted by Gasteiger charge is -2.25. The standard InChI is InChI=1S/C15H20N4S/c1-13-16-18(12-17-10-6-3-7-11-17)15(20)19(13)14-8-4-2-5-9-14/h2,4-5,8-9H,3,6-7,10-12H2,1H3. The highest BCUT2D eigenvalue weighted by atomic mass is 32.1. The van der Waals surface area contributed by atoms with Crippen LogP contribution in [0, 0.1) is 11.7 Å². The number of benzene rings is 1. The summed E-state index contributed by atoms with van der Waals surface area (Å²) in [6.07, 6.45) is 3.91. The SMILES string of the molecule is Cc1nn(CN2CCCCC2)c(=S)n1-c1ccccc1. The molecule has 1 aliphatic heterocycles. The fourth-order valence-corrected chi connectivity index (χ4v) is 3.11. The molecule has 0 spiro atoms. The summed E-state index contributed by atoms with van der Waals surface area (Å²) in [4.78, 5) is 2.43. The maximum Gasteiger partial charge on any atom is 0.203 e. The van der Waals surface area contributed by atoms with Gasteiger partial charge >= 0.3 is 0 Å². The van der Waals surface area contributed by atoms with Gasteiger partial charge in [-0.15, -0.1) is 0 Å². The van der Waals surface area contributed by atoms with Crippen LogP contribution >= 0.6 is 12.2 Å². The van der Waals surface area contributed by atoms with Crippen LogP contribution in [0.5, 0.6) is 0 Å². The number of aromatic nitrogens is 3. The van der Waals surface area contributed by atoms with Crippen molar-refractivity contribution in [3.8, 4) is 5.69 Å². The molecule has 0 bridgehead atoms. The molecule has 0 saturated carbocycles. The molecule has 3 rings (SSSR count). The van der Waals surface area contributed by atoms with Crippen LogP contribution in [-0.4, -0.2) is 32.3 Å². The van der Waals surface area contributed by atoms with E-state index in [2.05, 4.69) is 22.1 Å². The van der Waals surface area contributed by atoms with Gasteiger partial charge in [-0.2, -0.15) is 5.10 Å². The van der Waals surface area contributed by atoms with Crippen LogP contribution in [0.4, 0.5) is 0 Å². The first-order chi connectivity index (χ1) is 9.75. The summed E-state index contributed by atoms with van der Waals surface area (Å²) in [6.45, 7) is 5.12. The second-order valence-electron chi connectivity index (χ2n) is 5.32. The van der Waals surface area contributed by atoms with Crippen LogP contribution < -0.4 is 0 Å². The number of rotatable bonds is 3. The average Bonchev–Trinajstić information content (AvgIpc) is 2.75. The minimum absolute atomic E-state index is 0.777. The van der Waals surface area contributed by atoms with Crippen LogP contribution in [0.25, 0.3) is 5.69 Å². The average molecular weight is 288 g/mol. The van der Waals surface area contributed by atoms with Crippen LogP contribution in [0.3, 0.4) is 0 Å². The fourth-order valence-electron chi connectivity index (χ4n) is 2.77. The van der Waals surface area contributed by atoms with Crippen molar-refractivity contribution in [3.05, 3.63) is 40.9 Å². The van der Waals surface area contributed by atoms with Crippen molar-refractivity contribution in [2.24, 2.45) is 0 Å². The molecule has 20 heavy (non-hydrogen) atoms. The van der Waals surface area contributed by atoms with E-state index in [0.29, 0.717) is 0 Å². The number of nitrogens with zero attached hydrogens (tertiary/aromatic N) is 4. The minimum atomic E-state index is 0.777. The Morgan fingerprint density at radius 1 is 1.10 bits per heavy atom. The highest BCUT2D eigenvalue weighted by Gasteiger charge is 2.14. The number of hydrogen-bond acceptors (Lipinski definition) is 3. The third-order valence-corrected chi connectivity index (χ3v) is 4.19. The highest BCUT2D eigenvalue weighted by Crippen LogP contribution is 2.14. The van der Waals surface area contributed by atoms with Gasteiger partial charge in [0.25, 0.3) is 0 Å². The topological polar surface area (TPSA) is 26.0 Å². The summed E-state index contributed by atoms with van der Waals surface area (Å²) in [7, 11) is 0. The molecule has 5 heteroatoms. The van der Waals surface area contributed by atoms with Crippen molar-refractivity contribution in [1.82, 2.24) is 19.2 Å². The molecule has 0 aliphatic carbocycles. The maximum atomic E-state index is 5.60. The Labute approximate surface area is 124 Å². The van der Waals surface area contributed by atoms with E-state index < -0.39 is 0 Å². The second-order valence-corrected chi connectivity index (χ2v) is 5.69. The zero-order valence-electron chi connectivity index (χ0n) is 11.8. The van der Waals surface area contributed by atoms with Crippen LogP contribution in [0.1, 0.15) is 25.1 Å². The van der Waals surface area contributed by atoms with Gasteiger partial charge < -0.3 is 0 Å². The molecule has 4 nitrogen and oxygen atoms in total. The minimum Gasteiger partial charge on any atom is -0.284 e. The van der Waals surface area contributed by atoms with E-state index in [4.69, 9.17) is 12.2 Å². The normalized spacial score (nSPS) is 16.4. The van der Waals surface area contributed by atoms with E-state index in [1.54, 1.807) is 0 Å². The second kappa shape index (κ2) is 5.89. The van der Waals surface area contributed by atoms with Crippen molar-refractivity contribution >= 4 is 12.2 Å². The molecule has 0 amide bonds. The van der Waals surface area contributed by atoms with Crippen molar-refractivity contribution in [1.29, 1.82) is 0 Å². The molecule has 0 unspecified atom stereocenters. The van der Waals surface area contributed by atoms with Crippen LogP contribution in [0.2, 0.25) is 0 Å². The summed E-state index contributed by atoms with van der Waals surface area (Å²) < 4.78 is 4.77. The largest absolute Gasteiger partial charge is 0.284 e. The van der Waals surface area contributed by atoms with E-state index >= 15 is 0 Å². The Morgan fingerprint density at radius 3 is 2.50 bits per heavy atom. The third kappa shape index (κ3) is 2.69. The Kier molecular flexibility index (Phi) is 3.98. The summed E-state index contributed by atoms with van der Waals surface area (Å²) in [6, 6.07) is 10.2. The Bertz CT molecular complexity index is 623. The van der Waals surface area contributed by atoms with Gasteiger partial charge in [-0.3, -0.25) is 9.47 Å². The van der Waals surface area contributed by atoms with E-state index in [9.17, 15) is 0 Å². The predicted molar refractivity (Wildman–Crippen MR) is 82.5 cm³/mol. The third-order valence-electron chi connectivity index (χ3n) is 3.80. The lowest BCUT2D eigenvalue weighted by atomic mass is 10.1. The zero-order valence-corrected chi connectivity index (χ0v) is 12.6. The molecule has 1 aliphatic rings. The molecule has 0 atom stereocenters. The van der Waals surface area contributed by atoms with Crippen molar-refractivity contribution in [2.45, 2.75) is 32.9 Å². The van der Waals surface area contributed by atoms with Crippen molar-refractivity contribution in [2.75, 3.05) is 13.1 Å². The van der Waals surface area contributed by atoms with E-state index in [1.807, 2.05) is 34.4 Å². The van der Waals surface area contributed by atoms with Gasteiger partial charge in [-0.25, -0.2) is 4.68 Å². The zero-order chi connectivity index (χ0) is 13.9. The summed E-state index contributed by atoms with van der Waals surface area (Å²) in [5.41, 5.74) is 1.08. The molecule has 0 N–H and O–H groups in total. The van der Waals surface area contributed by atoms with Crippen LogP contribution in [0.15, 0.2) is 30.3 Å². The smallest absolute Gasteiger partial charge is 0.203 e. The van der Waals surface area contributed by atoms with Gasteiger partial charge in [0, 0.05) is 5.69 Å². The molecular formula is C15H20N4S. The number of piperidine rings is 1. The molecule has 2 aromatic rings. The van der Waals surface area contributed by atoms with E-state index in [0.717, 1.165) is 36.0 Å². The van der Waals surface area contributed by atoms with Crippen molar-refractivity contribution in [3.63, 3.8) is 0 Å². The number of aryl methyl sites for hydroxylation is 1. The Morgan fingerprint density at radius 2 is 1.80 bits per heavy atom. The Hall–Kier alpha value is -1.46. The first-order valence-electron chi connectivity index (χ1n) is 7.20. The van der Waals surface area contributed by atoms with Gasteiger partial charge in [-0.05, 0) is 57.2 Å².